The molecule has 0 aliphatic heterocycles. The number of hydrogen-bond acceptors (Lipinski definition) is 3. The Kier molecular flexibility index (Phi) is 6.46. The largest absolute Gasteiger partial charge is 0.327 e. The summed E-state index contributed by atoms with van der Waals surface area (Å²) in [6.07, 6.45) is 0. The maximum Gasteiger partial charge on any atom is 0.254 e. The SMILES string of the molecule is CC(C)N(CC(=O)Nc1cc(C(C)(C)C)nn1C)C(=O)c1cccc(Br)c1. The normalized spacial score (nSPS) is 11.6. The van der Waals surface area contributed by atoms with Crippen molar-refractivity contribution in [2.75, 3.05) is 11.9 Å². The molecule has 1 aromatic carbocycles. The van der Waals surface area contributed by atoms with Crippen molar-refractivity contribution in [2.45, 2.75) is 46.1 Å². The van der Waals surface area contributed by atoms with Gasteiger partial charge in [-0.1, -0.05) is 42.8 Å². The first-order valence-corrected chi connectivity index (χ1v) is 9.69. The fourth-order valence-corrected chi connectivity index (χ4v) is 2.96. The van der Waals surface area contributed by atoms with Crippen LogP contribution in [0.1, 0.15) is 50.7 Å². The number of nitrogens with zero attached hydrogens (tertiary/aromatic N) is 3. The van der Waals surface area contributed by atoms with Crippen LogP contribution >= 0.6 is 15.9 Å². The van der Waals surface area contributed by atoms with E-state index in [0.717, 1.165) is 10.2 Å². The molecular weight excluding hydrogens is 408 g/mol. The topological polar surface area (TPSA) is 67.2 Å². The predicted molar refractivity (Wildman–Crippen MR) is 111 cm³/mol. The number of halogens is 1. The molecule has 0 fully saturated rings. The summed E-state index contributed by atoms with van der Waals surface area (Å²) in [4.78, 5) is 27.0. The highest BCUT2D eigenvalue weighted by molar-refractivity contribution is 9.10. The summed E-state index contributed by atoms with van der Waals surface area (Å²) in [7, 11) is 1.79. The lowest BCUT2D eigenvalue weighted by Crippen LogP contribution is -2.42. The molecule has 6 nitrogen and oxygen atoms in total. The molecule has 0 saturated heterocycles. The van der Waals surface area contributed by atoms with Gasteiger partial charge in [0.2, 0.25) is 5.91 Å². The molecule has 27 heavy (non-hydrogen) atoms. The summed E-state index contributed by atoms with van der Waals surface area (Å²) in [6, 6.07) is 8.92. The molecule has 0 radical (unpaired) electrons. The number of carbonyl (C=O) groups is 2. The van der Waals surface area contributed by atoms with Crippen LogP contribution in [0.15, 0.2) is 34.8 Å². The molecule has 1 aromatic heterocycles. The van der Waals surface area contributed by atoms with E-state index in [-0.39, 0.29) is 29.8 Å². The molecule has 1 N–H and O–H groups in total. The van der Waals surface area contributed by atoms with Gasteiger partial charge in [0.1, 0.15) is 12.4 Å². The second-order valence-corrected chi connectivity index (χ2v) is 8.79. The zero-order valence-corrected chi connectivity index (χ0v) is 18.3. The average molecular weight is 435 g/mol. The molecule has 2 amide bonds. The quantitative estimate of drug-likeness (QED) is 0.773. The van der Waals surface area contributed by atoms with Gasteiger partial charge in [0.25, 0.3) is 5.91 Å². The Labute approximate surface area is 169 Å². The molecule has 7 heteroatoms. The Bertz CT molecular complexity index is 837. The van der Waals surface area contributed by atoms with Crippen molar-refractivity contribution in [3.05, 3.63) is 46.1 Å². The van der Waals surface area contributed by atoms with E-state index in [0.29, 0.717) is 11.4 Å². The van der Waals surface area contributed by atoms with Gasteiger partial charge in [-0.3, -0.25) is 14.3 Å². The molecule has 0 unspecified atom stereocenters. The van der Waals surface area contributed by atoms with Crippen LogP contribution in [0.5, 0.6) is 0 Å². The molecule has 1 heterocycles. The Hall–Kier alpha value is -2.15. The molecule has 2 aromatic rings. The summed E-state index contributed by atoms with van der Waals surface area (Å²) in [5, 5.41) is 7.32. The highest BCUT2D eigenvalue weighted by Crippen LogP contribution is 2.23. The standard InChI is InChI=1S/C20H27BrN4O2/c1-13(2)25(19(27)14-8-7-9-15(21)10-14)12-18(26)22-17-11-16(20(3,4)5)23-24(17)6/h7-11,13H,12H2,1-6H3,(H,22,26). The molecule has 0 atom stereocenters. The zero-order valence-electron chi connectivity index (χ0n) is 16.7. The fraction of sp³-hybridized carbons (Fsp3) is 0.450. The first-order chi connectivity index (χ1) is 12.5. The van der Waals surface area contributed by atoms with E-state index in [9.17, 15) is 9.59 Å². The van der Waals surface area contributed by atoms with E-state index in [1.54, 1.807) is 34.8 Å². The molecule has 0 bridgehead atoms. The van der Waals surface area contributed by atoms with Crippen molar-refractivity contribution < 1.29 is 9.59 Å². The Morgan fingerprint density at radius 3 is 2.44 bits per heavy atom. The van der Waals surface area contributed by atoms with Crippen molar-refractivity contribution in [2.24, 2.45) is 7.05 Å². The molecule has 146 valence electrons. The van der Waals surface area contributed by atoms with Gasteiger partial charge >= 0.3 is 0 Å². The maximum atomic E-state index is 12.8. The van der Waals surface area contributed by atoms with Gasteiger partial charge in [-0.25, -0.2) is 0 Å². The van der Waals surface area contributed by atoms with Gasteiger partial charge in [0, 0.05) is 34.6 Å². The van der Waals surface area contributed by atoms with Gasteiger partial charge in [-0.05, 0) is 32.0 Å². The smallest absolute Gasteiger partial charge is 0.254 e. The maximum absolute atomic E-state index is 12.8. The van der Waals surface area contributed by atoms with Gasteiger partial charge < -0.3 is 10.2 Å². The number of hydrogen-bond donors (Lipinski definition) is 1. The van der Waals surface area contributed by atoms with Crippen LogP contribution in [0.4, 0.5) is 5.82 Å². The summed E-state index contributed by atoms with van der Waals surface area (Å²) >= 11 is 3.38. The minimum atomic E-state index is -0.254. The van der Waals surface area contributed by atoms with E-state index in [2.05, 4.69) is 47.1 Å². The van der Waals surface area contributed by atoms with Crippen LogP contribution < -0.4 is 5.32 Å². The van der Waals surface area contributed by atoms with Gasteiger partial charge in [-0.15, -0.1) is 0 Å². The summed E-state index contributed by atoms with van der Waals surface area (Å²) in [5.74, 6) is 0.181. The molecule has 0 aliphatic rings. The Balaban J connectivity index is 2.14. The number of nitrogens with one attached hydrogen (secondary N) is 1. The summed E-state index contributed by atoms with van der Waals surface area (Å²) < 4.78 is 2.47. The van der Waals surface area contributed by atoms with Crippen LogP contribution in [0.3, 0.4) is 0 Å². The van der Waals surface area contributed by atoms with Crippen molar-refractivity contribution in [1.29, 1.82) is 0 Å². The van der Waals surface area contributed by atoms with Gasteiger partial charge in [-0.2, -0.15) is 5.10 Å². The second kappa shape index (κ2) is 8.25. The van der Waals surface area contributed by atoms with E-state index in [4.69, 9.17) is 0 Å². The molecule has 0 saturated carbocycles. The van der Waals surface area contributed by atoms with Gasteiger partial charge in [0.15, 0.2) is 0 Å². The van der Waals surface area contributed by atoms with Crippen molar-refractivity contribution in [1.82, 2.24) is 14.7 Å². The first kappa shape index (κ1) is 21.2. The number of aromatic nitrogens is 2. The zero-order chi connectivity index (χ0) is 20.4. The van der Waals surface area contributed by atoms with E-state index < -0.39 is 0 Å². The molecular formula is C20H27BrN4O2. The van der Waals surface area contributed by atoms with E-state index in [1.165, 1.54) is 0 Å². The molecule has 0 spiro atoms. The number of amides is 2. The Morgan fingerprint density at radius 1 is 1.26 bits per heavy atom. The number of anilines is 1. The lowest BCUT2D eigenvalue weighted by Gasteiger charge is -2.26. The lowest BCUT2D eigenvalue weighted by molar-refractivity contribution is -0.117. The number of carbonyl (C=O) groups excluding carboxylic acids is 2. The van der Waals surface area contributed by atoms with Crippen LogP contribution in [-0.2, 0) is 17.3 Å². The number of aryl methyl sites for hydroxylation is 1. The highest BCUT2D eigenvalue weighted by atomic mass is 79.9. The first-order valence-electron chi connectivity index (χ1n) is 8.90. The van der Waals surface area contributed by atoms with Crippen LogP contribution in [0, 0.1) is 0 Å². The second-order valence-electron chi connectivity index (χ2n) is 7.87. The van der Waals surface area contributed by atoms with E-state index in [1.807, 2.05) is 26.0 Å². The van der Waals surface area contributed by atoms with Gasteiger partial charge in [0.05, 0.1) is 5.69 Å². The lowest BCUT2D eigenvalue weighted by atomic mass is 9.92. The van der Waals surface area contributed by atoms with Crippen LogP contribution in [-0.4, -0.2) is 39.1 Å². The third kappa shape index (κ3) is 5.42. The highest BCUT2D eigenvalue weighted by Gasteiger charge is 2.23. The van der Waals surface area contributed by atoms with Crippen molar-refractivity contribution in [3.8, 4) is 0 Å². The van der Waals surface area contributed by atoms with Crippen molar-refractivity contribution in [3.63, 3.8) is 0 Å². The third-order valence-electron chi connectivity index (χ3n) is 4.19. The number of benzene rings is 1. The molecule has 2 rings (SSSR count). The predicted octanol–water partition coefficient (Wildman–Crippen LogP) is 3.97. The van der Waals surface area contributed by atoms with Crippen LogP contribution in [0.2, 0.25) is 0 Å². The molecule has 0 aliphatic carbocycles. The fourth-order valence-electron chi connectivity index (χ4n) is 2.56. The van der Waals surface area contributed by atoms with E-state index >= 15 is 0 Å². The Morgan fingerprint density at radius 2 is 1.93 bits per heavy atom. The summed E-state index contributed by atoms with van der Waals surface area (Å²) in [5.41, 5.74) is 1.33. The minimum absolute atomic E-state index is 0.0287. The average Bonchev–Trinajstić information content (AvgIpc) is 2.93. The third-order valence-corrected chi connectivity index (χ3v) is 4.68. The summed E-state index contributed by atoms with van der Waals surface area (Å²) in [6.45, 7) is 9.96. The van der Waals surface area contributed by atoms with Crippen molar-refractivity contribution >= 4 is 33.6 Å². The van der Waals surface area contributed by atoms with Crippen LogP contribution in [0.25, 0.3) is 0 Å². The minimum Gasteiger partial charge on any atom is -0.327 e. The monoisotopic (exact) mass is 434 g/mol. The number of rotatable bonds is 5.